The molecule has 0 aliphatic carbocycles. The fourth-order valence-corrected chi connectivity index (χ4v) is 3.30. The minimum absolute atomic E-state index is 0. The lowest BCUT2D eigenvalue weighted by atomic mass is 10.1. The summed E-state index contributed by atoms with van der Waals surface area (Å²) in [7, 11) is 2.04. The van der Waals surface area contributed by atoms with Crippen LogP contribution in [0.15, 0.2) is 24.3 Å². The zero-order valence-electron chi connectivity index (χ0n) is 15.0. The molecule has 144 valence electrons. The highest BCUT2D eigenvalue weighted by Crippen LogP contribution is 2.14. The molecule has 0 bridgehead atoms. The molecule has 2 amide bonds. The van der Waals surface area contributed by atoms with Gasteiger partial charge in [-0.05, 0) is 13.1 Å². The van der Waals surface area contributed by atoms with Crippen LogP contribution in [0, 0.1) is 5.82 Å². The zero-order chi connectivity index (χ0) is 17.8. The van der Waals surface area contributed by atoms with E-state index >= 15 is 0 Å². The minimum atomic E-state index is -0.521. The van der Waals surface area contributed by atoms with Crippen LogP contribution in [0.3, 0.4) is 0 Å². The van der Waals surface area contributed by atoms with Crippen molar-refractivity contribution < 1.29 is 14.0 Å². The second kappa shape index (κ2) is 9.30. The van der Waals surface area contributed by atoms with E-state index in [2.05, 4.69) is 10.2 Å². The highest BCUT2D eigenvalue weighted by Gasteiger charge is 2.32. The third kappa shape index (κ3) is 4.93. The smallest absolute Gasteiger partial charge is 0.240 e. The Morgan fingerprint density at radius 3 is 2.58 bits per heavy atom. The number of benzene rings is 1. The molecule has 2 heterocycles. The van der Waals surface area contributed by atoms with E-state index in [1.807, 2.05) is 11.9 Å². The number of halogens is 2. The van der Waals surface area contributed by atoms with Gasteiger partial charge in [0.1, 0.15) is 5.82 Å². The first-order chi connectivity index (χ1) is 12.0. The molecule has 2 aliphatic rings. The van der Waals surface area contributed by atoms with Crippen molar-refractivity contribution >= 4 is 24.2 Å². The summed E-state index contributed by atoms with van der Waals surface area (Å²) >= 11 is 0. The number of rotatable bonds is 4. The van der Waals surface area contributed by atoms with Gasteiger partial charge < -0.3 is 20.0 Å². The van der Waals surface area contributed by atoms with Crippen molar-refractivity contribution in [3.8, 4) is 0 Å². The predicted molar refractivity (Wildman–Crippen MR) is 99.5 cm³/mol. The SMILES string of the molecule is CN1CCN(C(=O)CC2NCCN(Cc3ccccc3F)C2=O)CC1.Cl. The Morgan fingerprint density at radius 1 is 1.19 bits per heavy atom. The lowest BCUT2D eigenvalue weighted by Crippen LogP contribution is -2.57. The summed E-state index contributed by atoms with van der Waals surface area (Å²) in [6, 6.07) is 5.97. The van der Waals surface area contributed by atoms with E-state index in [0.29, 0.717) is 31.7 Å². The second-order valence-electron chi connectivity index (χ2n) is 6.75. The third-order valence-electron chi connectivity index (χ3n) is 4.94. The quantitative estimate of drug-likeness (QED) is 0.830. The Kier molecular flexibility index (Phi) is 7.37. The normalized spacial score (nSPS) is 21.5. The fourth-order valence-electron chi connectivity index (χ4n) is 3.30. The van der Waals surface area contributed by atoms with Crippen LogP contribution in [0.1, 0.15) is 12.0 Å². The molecule has 1 aromatic carbocycles. The summed E-state index contributed by atoms with van der Waals surface area (Å²) < 4.78 is 13.8. The number of carbonyl (C=O) groups excluding carboxylic acids is 2. The molecular formula is C18H26ClFN4O2. The molecule has 2 fully saturated rings. The number of piperazine rings is 2. The van der Waals surface area contributed by atoms with Gasteiger partial charge in [-0.25, -0.2) is 4.39 Å². The van der Waals surface area contributed by atoms with Crippen LogP contribution in [0.25, 0.3) is 0 Å². The van der Waals surface area contributed by atoms with Gasteiger partial charge in [0.05, 0.1) is 12.5 Å². The zero-order valence-corrected chi connectivity index (χ0v) is 15.8. The molecule has 26 heavy (non-hydrogen) atoms. The number of amides is 2. The van der Waals surface area contributed by atoms with Gasteiger partial charge in [0.2, 0.25) is 11.8 Å². The number of nitrogens with one attached hydrogen (secondary N) is 1. The van der Waals surface area contributed by atoms with Gasteiger partial charge in [-0.1, -0.05) is 18.2 Å². The third-order valence-corrected chi connectivity index (χ3v) is 4.94. The molecule has 0 saturated carbocycles. The van der Waals surface area contributed by atoms with Crippen LogP contribution < -0.4 is 5.32 Å². The van der Waals surface area contributed by atoms with Gasteiger partial charge in [0.25, 0.3) is 0 Å². The minimum Gasteiger partial charge on any atom is -0.340 e. The molecule has 8 heteroatoms. The summed E-state index contributed by atoms with van der Waals surface area (Å²) in [5, 5.41) is 3.14. The summed E-state index contributed by atoms with van der Waals surface area (Å²) in [4.78, 5) is 30.8. The summed E-state index contributed by atoms with van der Waals surface area (Å²) in [6.45, 7) is 4.50. The van der Waals surface area contributed by atoms with E-state index in [4.69, 9.17) is 0 Å². The van der Waals surface area contributed by atoms with Crippen LogP contribution in [0.5, 0.6) is 0 Å². The van der Waals surface area contributed by atoms with E-state index in [1.165, 1.54) is 6.07 Å². The first-order valence-corrected chi connectivity index (χ1v) is 8.76. The van der Waals surface area contributed by atoms with Gasteiger partial charge in [0, 0.05) is 51.4 Å². The summed E-state index contributed by atoms with van der Waals surface area (Å²) in [6.07, 6.45) is 0.163. The Morgan fingerprint density at radius 2 is 1.88 bits per heavy atom. The molecule has 1 unspecified atom stereocenters. The van der Waals surface area contributed by atoms with Crippen molar-refractivity contribution in [3.63, 3.8) is 0 Å². The standard InChI is InChI=1S/C18H25FN4O2.ClH/c1-21-8-10-22(11-9-21)17(24)12-16-18(25)23(7-6-20-16)13-14-4-2-3-5-15(14)19;/h2-5,16,20H,6-13H2,1H3;1H. The molecule has 2 aliphatic heterocycles. The van der Waals surface area contributed by atoms with Crippen molar-refractivity contribution in [1.82, 2.24) is 20.0 Å². The van der Waals surface area contributed by atoms with Crippen LogP contribution in [0.4, 0.5) is 4.39 Å². The van der Waals surface area contributed by atoms with E-state index in [9.17, 15) is 14.0 Å². The Balaban J connectivity index is 0.00000243. The van der Waals surface area contributed by atoms with Crippen LogP contribution >= 0.6 is 12.4 Å². The van der Waals surface area contributed by atoms with E-state index in [-0.39, 0.29) is 43.0 Å². The van der Waals surface area contributed by atoms with Crippen molar-refractivity contribution in [2.24, 2.45) is 0 Å². The van der Waals surface area contributed by atoms with E-state index < -0.39 is 6.04 Å². The first kappa shape index (κ1) is 20.6. The second-order valence-corrected chi connectivity index (χ2v) is 6.75. The number of hydrogen-bond donors (Lipinski definition) is 1. The van der Waals surface area contributed by atoms with Crippen molar-refractivity contribution in [1.29, 1.82) is 0 Å². The molecule has 6 nitrogen and oxygen atoms in total. The topological polar surface area (TPSA) is 55.9 Å². The highest BCUT2D eigenvalue weighted by atomic mass is 35.5. The predicted octanol–water partition coefficient (Wildman–Crippen LogP) is 0.712. The van der Waals surface area contributed by atoms with E-state index in [1.54, 1.807) is 23.1 Å². The molecule has 1 aromatic rings. The first-order valence-electron chi connectivity index (χ1n) is 8.76. The summed E-state index contributed by atoms with van der Waals surface area (Å²) in [5.41, 5.74) is 0.502. The maximum absolute atomic E-state index is 13.8. The number of carbonyl (C=O) groups is 2. The number of hydrogen-bond acceptors (Lipinski definition) is 4. The van der Waals surface area contributed by atoms with Gasteiger partial charge in [0.15, 0.2) is 0 Å². The molecular weight excluding hydrogens is 359 g/mol. The molecule has 0 aromatic heterocycles. The van der Waals surface area contributed by atoms with E-state index in [0.717, 1.165) is 13.1 Å². The summed E-state index contributed by atoms with van der Waals surface area (Å²) in [5.74, 6) is -0.428. The van der Waals surface area contributed by atoms with Gasteiger partial charge >= 0.3 is 0 Å². The molecule has 2 saturated heterocycles. The average molecular weight is 385 g/mol. The Labute approximate surface area is 159 Å². The molecule has 3 rings (SSSR count). The van der Waals surface area contributed by atoms with Crippen molar-refractivity contribution in [3.05, 3.63) is 35.6 Å². The van der Waals surface area contributed by atoms with Crippen molar-refractivity contribution in [2.45, 2.75) is 19.0 Å². The van der Waals surface area contributed by atoms with Crippen LogP contribution in [-0.2, 0) is 16.1 Å². The monoisotopic (exact) mass is 384 g/mol. The van der Waals surface area contributed by atoms with Gasteiger partial charge in [-0.2, -0.15) is 0 Å². The van der Waals surface area contributed by atoms with Gasteiger partial charge in [-0.3, -0.25) is 9.59 Å². The molecule has 1 N–H and O–H groups in total. The molecule has 1 atom stereocenters. The maximum Gasteiger partial charge on any atom is 0.240 e. The van der Waals surface area contributed by atoms with Crippen LogP contribution in [0.2, 0.25) is 0 Å². The fraction of sp³-hybridized carbons (Fsp3) is 0.556. The molecule has 0 radical (unpaired) electrons. The Bertz CT molecular complexity index is 637. The largest absolute Gasteiger partial charge is 0.340 e. The van der Waals surface area contributed by atoms with Crippen LogP contribution in [-0.4, -0.2) is 78.9 Å². The lowest BCUT2D eigenvalue weighted by Gasteiger charge is -2.36. The number of likely N-dealkylation sites (N-methyl/N-ethyl adjacent to an activating group) is 1. The lowest BCUT2D eigenvalue weighted by molar-refractivity contribution is -0.142. The number of nitrogens with zero attached hydrogens (tertiary/aromatic N) is 3. The van der Waals surface area contributed by atoms with Crippen molar-refractivity contribution in [2.75, 3.05) is 46.3 Å². The Hall–Kier alpha value is -1.70. The molecule has 0 spiro atoms. The maximum atomic E-state index is 13.8. The highest BCUT2D eigenvalue weighted by molar-refractivity contribution is 5.89. The van der Waals surface area contributed by atoms with Gasteiger partial charge in [-0.15, -0.1) is 12.4 Å². The average Bonchev–Trinajstić information content (AvgIpc) is 2.61.